The number of nitrogens with zero attached hydrogens (tertiary/aromatic N) is 1. The summed E-state index contributed by atoms with van der Waals surface area (Å²) in [7, 11) is 0. The third kappa shape index (κ3) is 5.53. The third-order valence-corrected chi connectivity index (χ3v) is 3.97. The van der Waals surface area contributed by atoms with E-state index < -0.39 is 0 Å². The van der Waals surface area contributed by atoms with Gasteiger partial charge in [0.05, 0.1) is 10.2 Å². The average molecular weight is 416 g/mol. The molecule has 2 aromatic rings. The number of hydrazone groups is 1. The van der Waals surface area contributed by atoms with Crippen LogP contribution < -0.4 is 10.2 Å². The largest absolute Gasteiger partial charge is 0.483 e. The molecular weight excluding hydrogens is 403 g/mol. The Morgan fingerprint density at radius 2 is 1.83 bits per heavy atom. The van der Waals surface area contributed by atoms with Gasteiger partial charge in [0.1, 0.15) is 5.75 Å². The van der Waals surface area contributed by atoms with Gasteiger partial charge in [-0.3, -0.25) is 4.79 Å². The van der Waals surface area contributed by atoms with Gasteiger partial charge >= 0.3 is 0 Å². The van der Waals surface area contributed by atoms with Crippen molar-refractivity contribution in [2.75, 3.05) is 6.61 Å². The van der Waals surface area contributed by atoms with Crippen molar-refractivity contribution in [1.82, 2.24) is 5.43 Å². The molecule has 0 aliphatic rings. The van der Waals surface area contributed by atoms with Crippen LogP contribution in [0.15, 0.2) is 52.0 Å². The molecule has 0 fully saturated rings. The number of nitrogens with one attached hydrogen (secondary N) is 1. The van der Waals surface area contributed by atoms with Crippen molar-refractivity contribution in [3.63, 3.8) is 0 Å². The summed E-state index contributed by atoms with van der Waals surface area (Å²) in [6.07, 6.45) is 0. The molecule has 23 heavy (non-hydrogen) atoms. The van der Waals surface area contributed by atoms with E-state index in [0.29, 0.717) is 26.0 Å². The Balaban J connectivity index is 1.89. The van der Waals surface area contributed by atoms with Crippen molar-refractivity contribution in [2.24, 2.45) is 5.10 Å². The van der Waals surface area contributed by atoms with Gasteiger partial charge in [0, 0.05) is 10.0 Å². The maximum atomic E-state index is 11.8. The molecule has 0 aromatic heterocycles. The fourth-order valence-electron chi connectivity index (χ4n) is 1.67. The van der Waals surface area contributed by atoms with Gasteiger partial charge in [0.2, 0.25) is 0 Å². The monoisotopic (exact) mass is 414 g/mol. The van der Waals surface area contributed by atoms with Gasteiger partial charge < -0.3 is 4.74 Å². The molecule has 1 amide bonds. The Hall–Kier alpha value is -1.56. The molecule has 4 nitrogen and oxygen atoms in total. The molecular formula is C16H13BrCl2N2O2. The van der Waals surface area contributed by atoms with E-state index in [2.05, 4.69) is 26.5 Å². The standard InChI is InChI=1S/C16H13BrCl2N2O2/c1-10(11-2-4-12(18)5-3-11)20-21-16(22)9-23-15-7-6-13(19)8-14(15)17/h2-8H,9H2,1H3,(H,21,22)/b20-10+. The van der Waals surface area contributed by atoms with Gasteiger partial charge in [-0.05, 0) is 58.7 Å². The molecule has 0 aliphatic carbocycles. The van der Waals surface area contributed by atoms with E-state index in [1.54, 1.807) is 37.3 Å². The van der Waals surface area contributed by atoms with Gasteiger partial charge in [0.25, 0.3) is 5.91 Å². The zero-order valence-electron chi connectivity index (χ0n) is 12.1. The Labute approximate surface area is 152 Å². The maximum Gasteiger partial charge on any atom is 0.277 e. The summed E-state index contributed by atoms with van der Waals surface area (Å²) in [6, 6.07) is 12.2. The van der Waals surface area contributed by atoms with Crippen LogP contribution in [-0.4, -0.2) is 18.2 Å². The number of halogens is 3. The van der Waals surface area contributed by atoms with Crippen LogP contribution in [0.5, 0.6) is 5.75 Å². The Kier molecular flexibility index (Phi) is 6.45. The fourth-order valence-corrected chi connectivity index (χ4v) is 2.59. The van der Waals surface area contributed by atoms with Crippen molar-refractivity contribution < 1.29 is 9.53 Å². The van der Waals surface area contributed by atoms with Gasteiger partial charge in [-0.1, -0.05) is 35.3 Å². The summed E-state index contributed by atoms with van der Waals surface area (Å²) in [5.41, 5.74) is 3.99. The molecule has 0 spiro atoms. The fraction of sp³-hybridized carbons (Fsp3) is 0.125. The summed E-state index contributed by atoms with van der Waals surface area (Å²) in [5, 5.41) is 5.26. The first-order valence-electron chi connectivity index (χ1n) is 6.62. The molecule has 0 atom stereocenters. The van der Waals surface area contributed by atoms with Crippen molar-refractivity contribution in [3.05, 3.63) is 62.5 Å². The molecule has 0 saturated carbocycles. The highest BCUT2D eigenvalue weighted by molar-refractivity contribution is 9.10. The lowest BCUT2D eigenvalue weighted by atomic mass is 10.1. The zero-order valence-corrected chi connectivity index (χ0v) is 15.2. The highest BCUT2D eigenvalue weighted by atomic mass is 79.9. The predicted molar refractivity (Wildman–Crippen MR) is 96.5 cm³/mol. The molecule has 1 N–H and O–H groups in total. The van der Waals surface area contributed by atoms with Crippen LogP contribution in [0.3, 0.4) is 0 Å². The van der Waals surface area contributed by atoms with Gasteiger partial charge in [0.15, 0.2) is 6.61 Å². The first kappa shape index (κ1) is 17.8. The molecule has 120 valence electrons. The summed E-state index contributed by atoms with van der Waals surface area (Å²) in [4.78, 5) is 11.8. The highest BCUT2D eigenvalue weighted by Crippen LogP contribution is 2.27. The average Bonchev–Trinajstić information content (AvgIpc) is 2.52. The number of rotatable bonds is 5. The third-order valence-electron chi connectivity index (χ3n) is 2.86. The molecule has 0 saturated heterocycles. The molecule has 7 heteroatoms. The normalized spacial score (nSPS) is 11.2. The van der Waals surface area contributed by atoms with E-state index in [1.165, 1.54) is 0 Å². The second kappa shape index (κ2) is 8.34. The van der Waals surface area contributed by atoms with Crippen molar-refractivity contribution in [2.45, 2.75) is 6.92 Å². The van der Waals surface area contributed by atoms with Crippen molar-refractivity contribution in [3.8, 4) is 5.75 Å². The molecule has 0 radical (unpaired) electrons. The van der Waals surface area contributed by atoms with E-state index in [9.17, 15) is 4.79 Å². The van der Waals surface area contributed by atoms with Crippen LogP contribution in [0.2, 0.25) is 10.0 Å². The van der Waals surface area contributed by atoms with E-state index in [-0.39, 0.29) is 12.5 Å². The van der Waals surface area contributed by atoms with Crippen LogP contribution >= 0.6 is 39.1 Å². The first-order chi connectivity index (χ1) is 11.0. The van der Waals surface area contributed by atoms with E-state index in [4.69, 9.17) is 27.9 Å². The summed E-state index contributed by atoms with van der Waals surface area (Å²) in [5.74, 6) is 0.170. The van der Waals surface area contributed by atoms with Gasteiger partial charge in [-0.2, -0.15) is 5.10 Å². The smallest absolute Gasteiger partial charge is 0.277 e. The molecule has 2 aromatic carbocycles. The van der Waals surface area contributed by atoms with Crippen LogP contribution in [0.4, 0.5) is 0 Å². The number of hydrogen-bond acceptors (Lipinski definition) is 3. The maximum absolute atomic E-state index is 11.8. The van der Waals surface area contributed by atoms with Gasteiger partial charge in [-0.25, -0.2) is 5.43 Å². The van der Waals surface area contributed by atoms with E-state index in [1.807, 2.05) is 12.1 Å². The molecule has 0 aliphatic heterocycles. The second-order valence-electron chi connectivity index (χ2n) is 4.60. The number of amides is 1. The molecule has 0 unspecified atom stereocenters. The SMILES string of the molecule is C/C(=N\NC(=O)COc1ccc(Cl)cc1Br)c1ccc(Cl)cc1. The molecule has 0 bridgehead atoms. The number of carbonyl (C=O) groups is 1. The lowest BCUT2D eigenvalue weighted by molar-refractivity contribution is -0.123. The number of benzene rings is 2. The second-order valence-corrected chi connectivity index (χ2v) is 6.33. The number of hydrogen-bond donors (Lipinski definition) is 1. The highest BCUT2D eigenvalue weighted by Gasteiger charge is 2.06. The lowest BCUT2D eigenvalue weighted by Crippen LogP contribution is -2.25. The van der Waals surface area contributed by atoms with Crippen molar-refractivity contribution >= 4 is 50.8 Å². The van der Waals surface area contributed by atoms with Crippen LogP contribution in [0.25, 0.3) is 0 Å². The molecule has 2 rings (SSSR count). The van der Waals surface area contributed by atoms with Crippen LogP contribution in [-0.2, 0) is 4.79 Å². The quantitative estimate of drug-likeness (QED) is 0.569. The Bertz CT molecular complexity index is 733. The topological polar surface area (TPSA) is 50.7 Å². The lowest BCUT2D eigenvalue weighted by Gasteiger charge is -2.08. The minimum atomic E-state index is -0.361. The van der Waals surface area contributed by atoms with Crippen LogP contribution in [0, 0.1) is 0 Å². The zero-order chi connectivity index (χ0) is 16.8. The number of ether oxygens (including phenoxy) is 1. The first-order valence-corrected chi connectivity index (χ1v) is 8.17. The van der Waals surface area contributed by atoms with Crippen molar-refractivity contribution in [1.29, 1.82) is 0 Å². The van der Waals surface area contributed by atoms with E-state index >= 15 is 0 Å². The molecule has 0 heterocycles. The summed E-state index contributed by atoms with van der Waals surface area (Å²) < 4.78 is 6.08. The minimum Gasteiger partial charge on any atom is -0.483 e. The van der Waals surface area contributed by atoms with E-state index in [0.717, 1.165) is 5.56 Å². The Morgan fingerprint density at radius 3 is 2.48 bits per heavy atom. The number of carbonyl (C=O) groups excluding carboxylic acids is 1. The predicted octanol–water partition coefficient (Wildman–Crippen LogP) is 4.68. The van der Waals surface area contributed by atoms with Crippen LogP contribution in [0.1, 0.15) is 12.5 Å². The minimum absolute atomic E-state index is 0.155. The Morgan fingerprint density at radius 1 is 1.17 bits per heavy atom. The summed E-state index contributed by atoms with van der Waals surface area (Å²) in [6.45, 7) is 1.64. The summed E-state index contributed by atoms with van der Waals surface area (Å²) >= 11 is 15.0. The van der Waals surface area contributed by atoms with Gasteiger partial charge in [-0.15, -0.1) is 0 Å².